The maximum atomic E-state index is 5.86. The molecule has 0 radical (unpaired) electrons. The summed E-state index contributed by atoms with van der Waals surface area (Å²) in [6.45, 7) is 8.26. The number of hydrogen-bond acceptors (Lipinski definition) is 4. The first-order valence-electron chi connectivity index (χ1n) is 7.48. The molecule has 4 nitrogen and oxygen atoms in total. The zero-order valence-corrected chi connectivity index (χ0v) is 12.2. The first-order valence-corrected chi connectivity index (χ1v) is 7.48. The van der Waals surface area contributed by atoms with E-state index in [-0.39, 0.29) is 0 Å². The molecule has 1 fully saturated rings. The first kappa shape index (κ1) is 14.5. The third-order valence-corrected chi connectivity index (χ3v) is 3.49. The largest absolute Gasteiger partial charge is 0.445 e. The van der Waals surface area contributed by atoms with Gasteiger partial charge in [-0.15, -0.1) is 0 Å². The van der Waals surface area contributed by atoms with Crippen molar-refractivity contribution in [3.05, 3.63) is 17.8 Å². The zero-order chi connectivity index (χ0) is 13.5. The monoisotopic (exact) mass is 266 g/mol. The predicted octanol–water partition coefficient (Wildman–Crippen LogP) is 2.75. The van der Waals surface area contributed by atoms with Crippen LogP contribution in [-0.2, 0) is 11.2 Å². The average molecular weight is 266 g/mol. The van der Waals surface area contributed by atoms with Crippen LogP contribution in [0.25, 0.3) is 0 Å². The number of aryl methyl sites for hydroxylation is 1. The van der Waals surface area contributed by atoms with Gasteiger partial charge in [0, 0.05) is 25.6 Å². The van der Waals surface area contributed by atoms with Crippen molar-refractivity contribution in [2.75, 3.05) is 26.3 Å². The van der Waals surface area contributed by atoms with Gasteiger partial charge in [0.2, 0.25) is 0 Å². The van der Waals surface area contributed by atoms with E-state index in [9.17, 15) is 0 Å². The molecule has 0 unspecified atom stereocenters. The summed E-state index contributed by atoms with van der Waals surface area (Å²) in [4.78, 5) is 4.39. The molecule has 1 aromatic rings. The van der Waals surface area contributed by atoms with E-state index in [1.165, 1.54) is 0 Å². The summed E-state index contributed by atoms with van der Waals surface area (Å²) in [7, 11) is 0. The molecular weight excluding hydrogens is 240 g/mol. The molecule has 0 atom stereocenters. The van der Waals surface area contributed by atoms with Crippen LogP contribution in [0.3, 0.4) is 0 Å². The molecule has 1 N–H and O–H groups in total. The lowest BCUT2D eigenvalue weighted by molar-refractivity contribution is 0.0803. The van der Waals surface area contributed by atoms with Crippen molar-refractivity contribution in [3.63, 3.8) is 0 Å². The van der Waals surface area contributed by atoms with Gasteiger partial charge in [-0.3, -0.25) is 0 Å². The lowest BCUT2D eigenvalue weighted by atomic mass is 9.98. The second-order valence-electron chi connectivity index (χ2n) is 5.74. The summed E-state index contributed by atoms with van der Waals surface area (Å²) < 4.78 is 11.2. The van der Waals surface area contributed by atoms with Crippen LogP contribution in [0.5, 0.6) is 0 Å². The van der Waals surface area contributed by atoms with Crippen molar-refractivity contribution in [1.82, 2.24) is 10.3 Å². The number of oxazole rings is 1. The van der Waals surface area contributed by atoms with Gasteiger partial charge in [0.15, 0.2) is 5.89 Å². The van der Waals surface area contributed by atoms with E-state index in [1.807, 2.05) is 6.20 Å². The molecule has 0 bridgehead atoms. The summed E-state index contributed by atoms with van der Waals surface area (Å²) in [6.07, 6.45) is 6.04. The molecule has 0 saturated carbocycles. The number of nitrogens with zero attached hydrogens (tertiary/aromatic N) is 1. The fraction of sp³-hybridized carbons (Fsp3) is 0.800. The second kappa shape index (κ2) is 7.65. The first-order chi connectivity index (χ1) is 9.25. The van der Waals surface area contributed by atoms with Crippen molar-refractivity contribution in [2.24, 2.45) is 5.92 Å². The van der Waals surface area contributed by atoms with E-state index in [0.717, 1.165) is 63.6 Å². The van der Waals surface area contributed by atoms with Gasteiger partial charge in [-0.25, -0.2) is 4.98 Å². The van der Waals surface area contributed by atoms with Crippen LogP contribution in [0.1, 0.15) is 50.7 Å². The number of nitrogens with one attached hydrogen (secondary N) is 1. The van der Waals surface area contributed by atoms with Crippen LogP contribution >= 0.6 is 0 Å². The zero-order valence-electron chi connectivity index (χ0n) is 12.2. The minimum absolute atomic E-state index is 0.508. The topological polar surface area (TPSA) is 47.3 Å². The van der Waals surface area contributed by atoms with E-state index in [4.69, 9.17) is 9.15 Å². The molecule has 0 aromatic carbocycles. The fourth-order valence-electron chi connectivity index (χ4n) is 2.37. The maximum absolute atomic E-state index is 5.86. The highest BCUT2D eigenvalue weighted by Crippen LogP contribution is 2.27. The third kappa shape index (κ3) is 4.96. The van der Waals surface area contributed by atoms with Gasteiger partial charge in [-0.2, -0.15) is 0 Å². The summed E-state index contributed by atoms with van der Waals surface area (Å²) >= 11 is 0. The molecule has 0 aliphatic carbocycles. The standard InChI is InChI=1S/C15H26N2O2/c1-12(2)10-16-7-3-4-15-17-11-14(19-15)13-5-8-18-9-6-13/h11-13,16H,3-10H2,1-2H3. The molecule has 108 valence electrons. The lowest BCUT2D eigenvalue weighted by Crippen LogP contribution is -2.21. The van der Waals surface area contributed by atoms with Crippen molar-refractivity contribution in [1.29, 1.82) is 0 Å². The van der Waals surface area contributed by atoms with Gasteiger partial charge in [-0.1, -0.05) is 13.8 Å². The number of hydrogen-bond donors (Lipinski definition) is 1. The Balaban J connectivity index is 1.68. The second-order valence-corrected chi connectivity index (χ2v) is 5.74. The molecule has 1 saturated heterocycles. The summed E-state index contributed by atoms with van der Waals surface area (Å²) in [5, 5.41) is 3.44. The van der Waals surface area contributed by atoms with Gasteiger partial charge >= 0.3 is 0 Å². The maximum Gasteiger partial charge on any atom is 0.194 e. The fourth-order valence-corrected chi connectivity index (χ4v) is 2.37. The number of ether oxygens (including phenoxy) is 1. The normalized spacial score (nSPS) is 17.2. The van der Waals surface area contributed by atoms with Crippen LogP contribution in [0.2, 0.25) is 0 Å². The van der Waals surface area contributed by atoms with E-state index >= 15 is 0 Å². The summed E-state index contributed by atoms with van der Waals surface area (Å²) in [5.41, 5.74) is 0. The lowest BCUT2D eigenvalue weighted by Gasteiger charge is -2.19. The molecule has 19 heavy (non-hydrogen) atoms. The molecule has 4 heteroatoms. The van der Waals surface area contributed by atoms with Crippen LogP contribution in [0.4, 0.5) is 0 Å². The van der Waals surface area contributed by atoms with Gasteiger partial charge < -0.3 is 14.5 Å². The van der Waals surface area contributed by atoms with E-state index in [2.05, 4.69) is 24.1 Å². The molecule has 2 heterocycles. The Morgan fingerprint density at radius 2 is 2.16 bits per heavy atom. The Bertz CT molecular complexity index is 357. The van der Waals surface area contributed by atoms with Crippen molar-refractivity contribution in [3.8, 4) is 0 Å². The van der Waals surface area contributed by atoms with Crippen LogP contribution in [0.15, 0.2) is 10.6 Å². The highest BCUT2D eigenvalue weighted by Gasteiger charge is 2.19. The number of aromatic nitrogens is 1. The van der Waals surface area contributed by atoms with E-state index in [1.54, 1.807) is 0 Å². The van der Waals surface area contributed by atoms with E-state index < -0.39 is 0 Å². The minimum Gasteiger partial charge on any atom is -0.445 e. The molecule has 2 rings (SSSR count). The predicted molar refractivity (Wildman–Crippen MR) is 75.3 cm³/mol. The van der Waals surface area contributed by atoms with Crippen molar-refractivity contribution < 1.29 is 9.15 Å². The van der Waals surface area contributed by atoms with Gasteiger partial charge in [0.25, 0.3) is 0 Å². The van der Waals surface area contributed by atoms with Crippen LogP contribution in [0, 0.1) is 5.92 Å². The van der Waals surface area contributed by atoms with Crippen LogP contribution < -0.4 is 5.32 Å². The molecule has 0 spiro atoms. The van der Waals surface area contributed by atoms with Crippen molar-refractivity contribution >= 4 is 0 Å². The van der Waals surface area contributed by atoms with Gasteiger partial charge in [0.05, 0.1) is 6.20 Å². The Morgan fingerprint density at radius 1 is 1.37 bits per heavy atom. The van der Waals surface area contributed by atoms with Crippen molar-refractivity contribution in [2.45, 2.75) is 45.4 Å². The highest BCUT2D eigenvalue weighted by atomic mass is 16.5. The molecule has 1 aliphatic heterocycles. The molecule has 0 amide bonds. The number of rotatable bonds is 7. The SMILES string of the molecule is CC(C)CNCCCc1ncc(C2CCOCC2)o1. The van der Waals surface area contributed by atoms with Gasteiger partial charge in [-0.05, 0) is 38.3 Å². The Kier molecular flexibility index (Phi) is 5.86. The summed E-state index contributed by atoms with van der Waals surface area (Å²) in [6, 6.07) is 0. The van der Waals surface area contributed by atoms with Gasteiger partial charge in [0.1, 0.15) is 5.76 Å². The molecule has 1 aromatic heterocycles. The Morgan fingerprint density at radius 3 is 2.89 bits per heavy atom. The smallest absolute Gasteiger partial charge is 0.194 e. The Labute approximate surface area is 115 Å². The third-order valence-electron chi connectivity index (χ3n) is 3.49. The van der Waals surface area contributed by atoms with E-state index in [0.29, 0.717) is 11.8 Å². The minimum atomic E-state index is 0.508. The average Bonchev–Trinajstić information content (AvgIpc) is 2.88. The summed E-state index contributed by atoms with van der Waals surface area (Å²) in [5.74, 6) is 3.15. The quantitative estimate of drug-likeness (QED) is 0.771. The molecular formula is C15H26N2O2. The Hall–Kier alpha value is -0.870. The van der Waals surface area contributed by atoms with Crippen LogP contribution in [-0.4, -0.2) is 31.3 Å². The highest BCUT2D eigenvalue weighted by molar-refractivity contribution is 5.02. The molecule has 1 aliphatic rings.